The fourth-order valence-corrected chi connectivity index (χ4v) is 9.12. The van der Waals surface area contributed by atoms with E-state index in [4.69, 9.17) is 4.74 Å². The van der Waals surface area contributed by atoms with Gasteiger partial charge < -0.3 is 30.3 Å². The molecule has 10 nitrogen and oxygen atoms in total. The number of hydrogen-bond acceptors (Lipinski definition) is 6. The van der Waals surface area contributed by atoms with E-state index < -0.39 is 47.7 Å². The maximum Gasteiger partial charge on any atom is 0.246 e. The fraction of sp³-hybridized carbons (Fsp3) is 0.600. The monoisotopic (exact) mass is 722 g/mol. The Bertz CT molecular complexity index is 1640. The molecule has 2 aromatic carbocycles. The molecule has 0 unspecified atom stereocenters. The molecule has 3 N–H and O–H groups in total. The zero-order valence-electron chi connectivity index (χ0n) is 30.3. The largest absolute Gasteiger partial charge is 0.488 e. The molecule has 2 aliphatic heterocycles. The Morgan fingerprint density at radius 2 is 1.35 bits per heavy atom. The zero-order valence-corrected chi connectivity index (χ0v) is 30.3. The molecule has 2 aliphatic carbocycles. The summed E-state index contributed by atoms with van der Waals surface area (Å²) >= 11 is 0. The van der Waals surface area contributed by atoms with Gasteiger partial charge in [-0.25, -0.2) is 8.78 Å². The lowest BCUT2D eigenvalue weighted by Crippen LogP contribution is -2.55. The molecule has 4 fully saturated rings. The Labute approximate surface area is 304 Å². The number of hydrogen-bond donors (Lipinski definition) is 3. The van der Waals surface area contributed by atoms with Crippen LogP contribution in [0, 0.1) is 22.5 Å². The number of amides is 4. The predicted molar refractivity (Wildman–Crippen MR) is 190 cm³/mol. The number of halogens is 2. The highest BCUT2D eigenvalue weighted by Crippen LogP contribution is 2.46. The molecule has 2 saturated carbocycles. The third-order valence-electron chi connectivity index (χ3n) is 11.8. The second-order valence-electron chi connectivity index (χ2n) is 15.8. The third kappa shape index (κ3) is 8.43. The minimum Gasteiger partial charge on any atom is -0.488 e. The Morgan fingerprint density at radius 1 is 0.788 bits per heavy atom. The summed E-state index contributed by atoms with van der Waals surface area (Å²) in [6.07, 6.45) is 8.87. The van der Waals surface area contributed by atoms with Gasteiger partial charge in [-0.2, -0.15) is 0 Å². The summed E-state index contributed by atoms with van der Waals surface area (Å²) in [6.45, 7) is 3.91. The van der Waals surface area contributed by atoms with E-state index in [1.807, 2.05) is 0 Å². The van der Waals surface area contributed by atoms with Crippen LogP contribution in [0.4, 0.5) is 8.78 Å². The predicted octanol–water partition coefficient (Wildman–Crippen LogP) is 5.15. The summed E-state index contributed by atoms with van der Waals surface area (Å²) in [5.41, 5.74) is 0.414. The lowest BCUT2D eigenvalue weighted by Gasteiger charge is -2.36. The minimum absolute atomic E-state index is 0.0603. The fourth-order valence-electron chi connectivity index (χ4n) is 9.12. The van der Waals surface area contributed by atoms with Gasteiger partial charge in [0.1, 0.15) is 35.6 Å². The normalized spacial score (nSPS) is 21.9. The smallest absolute Gasteiger partial charge is 0.246 e. The molecular weight excluding hydrogens is 670 g/mol. The van der Waals surface area contributed by atoms with Gasteiger partial charge in [-0.3, -0.25) is 19.2 Å². The summed E-state index contributed by atoms with van der Waals surface area (Å²) in [5.74, 6) is -2.20. The van der Waals surface area contributed by atoms with Crippen LogP contribution in [0.1, 0.15) is 102 Å². The van der Waals surface area contributed by atoms with Crippen molar-refractivity contribution in [2.75, 3.05) is 13.1 Å². The lowest BCUT2D eigenvalue weighted by molar-refractivity contribution is -0.141. The van der Waals surface area contributed by atoms with Crippen LogP contribution in [0.3, 0.4) is 0 Å². The van der Waals surface area contributed by atoms with Crippen LogP contribution in [0.15, 0.2) is 42.5 Å². The summed E-state index contributed by atoms with van der Waals surface area (Å²) < 4.78 is 35.5. The number of nitrogens with one attached hydrogen (secondary N) is 2. The number of rotatable bonds is 12. The van der Waals surface area contributed by atoms with E-state index in [-0.39, 0.29) is 47.0 Å². The van der Waals surface area contributed by atoms with Crippen molar-refractivity contribution in [2.24, 2.45) is 10.8 Å². The van der Waals surface area contributed by atoms with Crippen molar-refractivity contribution < 1.29 is 37.8 Å². The van der Waals surface area contributed by atoms with Crippen molar-refractivity contribution in [1.29, 1.82) is 0 Å². The average Bonchev–Trinajstić information content (AvgIpc) is 3.57. The van der Waals surface area contributed by atoms with Gasteiger partial charge in [-0.1, -0.05) is 56.7 Å². The van der Waals surface area contributed by atoms with Crippen LogP contribution in [0.5, 0.6) is 5.75 Å². The molecular formula is C40H52F2N4O6. The van der Waals surface area contributed by atoms with Crippen LogP contribution >= 0.6 is 0 Å². The van der Waals surface area contributed by atoms with Crippen molar-refractivity contribution >= 4 is 23.6 Å². The third-order valence-corrected chi connectivity index (χ3v) is 11.8. The molecule has 2 aromatic rings. The Balaban J connectivity index is 1.12. The molecule has 12 heteroatoms. The highest BCUT2D eigenvalue weighted by molar-refractivity contribution is 5.90. The summed E-state index contributed by atoms with van der Waals surface area (Å²) in [7, 11) is 0. The van der Waals surface area contributed by atoms with Crippen LogP contribution in [-0.2, 0) is 32.3 Å². The molecule has 0 bridgehead atoms. The number of likely N-dealkylation sites (tertiary alicyclic amines) is 2. The van der Waals surface area contributed by atoms with Gasteiger partial charge in [0, 0.05) is 50.7 Å². The molecule has 4 amide bonds. The number of aliphatic hydroxyl groups excluding tert-OH is 1. The second kappa shape index (κ2) is 15.9. The van der Waals surface area contributed by atoms with E-state index in [1.165, 1.54) is 36.1 Å². The second-order valence-corrected chi connectivity index (χ2v) is 15.8. The van der Waals surface area contributed by atoms with E-state index in [2.05, 4.69) is 10.6 Å². The number of ether oxygens (including phenoxy) is 1. The zero-order chi connectivity index (χ0) is 37.0. The summed E-state index contributed by atoms with van der Waals surface area (Å²) in [4.78, 5) is 56.7. The molecule has 4 atom stereocenters. The first kappa shape index (κ1) is 37.7. The van der Waals surface area contributed by atoms with E-state index in [0.29, 0.717) is 31.5 Å². The van der Waals surface area contributed by atoms with Gasteiger partial charge in [-0.15, -0.1) is 0 Å². The van der Waals surface area contributed by atoms with Crippen LogP contribution in [0.2, 0.25) is 0 Å². The molecule has 2 heterocycles. The number of aliphatic hydroxyl groups is 1. The maximum absolute atomic E-state index is 15.5. The molecule has 52 heavy (non-hydrogen) atoms. The maximum atomic E-state index is 15.5. The van der Waals surface area contributed by atoms with E-state index in [9.17, 15) is 28.7 Å². The molecule has 282 valence electrons. The van der Waals surface area contributed by atoms with Gasteiger partial charge in [0.05, 0.1) is 6.10 Å². The first-order valence-corrected chi connectivity index (χ1v) is 18.9. The van der Waals surface area contributed by atoms with Crippen molar-refractivity contribution in [3.05, 3.63) is 65.2 Å². The summed E-state index contributed by atoms with van der Waals surface area (Å²) in [6, 6.07) is 8.03. The topological polar surface area (TPSA) is 128 Å². The van der Waals surface area contributed by atoms with Crippen molar-refractivity contribution in [3.8, 4) is 5.75 Å². The van der Waals surface area contributed by atoms with E-state index in [0.717, 1.165) is 64.2 Å². The standard InChI is InChI=1S/C40H52F2N4O6/c1-26(47)35(45-24-39(20-33(45)48)14-5-3-6-15-39)37(50)44-23-29-12-13-31(19-32(29)42)52-27(2)36(38(51)43-22-28-10-9-11-30(41)18-28)46-25-40(21-34(46)49)16-7-4-8-17-40/h9-13,18-19,26-27,35-36,47H,3-8,14-17,20-25H2,1-2H3,(H,43,51)(H,44,50)/t26-,27-,35+,36+/m1/s1. The molecule has 0 radical (unpaired) electrons. The van der Waals surface area contributed by atoms with Gasteiger partial charge in [0.15, 0.2) is 0 Å². The highest BCUT2D eigenvalue weighted by atomic mass is 19.1. The molecule has 2 spiro atoms. The summed E-state index contributed by atoms with van der Waals surface area (Å²) in [5, 5.41) is 16.1. The molecule has 2 saturated heterocycles. The SMILES string of the molecule is C[C@@H](O)[C@@H](C(=O)NCc1ccc(O[C@H](C)[C@@H](C(=O)NCc2cccc(F)c2)N2CC3(CCCCC3)CC2=O)cc1F)N1CC2(CCCCC2)CC1=O. The number of carbonyl (C=O) groups excluding carboxylic acids is 4. The molecule has 0 aromatic heterocycles. The van der Waals surface area contributed by atoms with Gasteiger partial charge in [0.2, 0.25) is 23.6 Å². The average molecular weight is 723 g/mol. The number of carbonyl (C=O) groups is 4. The van der Waals surface area contributed by atoms with Gasteiger partial charge in [0.25, 0.3) is 0 Å². The minimum atomic E-state index is -1.11. The van der Waals surface area contributed by atoms with E-state index >= 15 is 4.39 Å². The van der Waals surface area contributed by atoms with Crippen LogP contribution in [0.25, 0.3) is 0 Å². The first-order valence-electron chi connectivity index (χ1n) is 18.9. The Hall–Kier alpha value is -4.06. The number of benzene rings is 2. The van der Waals surface area contributed by atoms with Gasteiger partial charge >= 0.3 is 0 Å². The highest BCUT2D eigenvalue weighted by Gasteiger charge is 2.50. The lowest BCUT2D eigenvalue weighted by atomic mass is 9.73. The van der Waals surface area contributed by atoms with Crippen LogP contribution in [-0.4, -0.2) is 75.9 Å². The quantitative estimate of drug-likeness (QED) is 0.278. The Morgan fingerprint density at radius 3 is 1.90 bits per heavy atom. The first-order chi connectivity index (χ1) is 24.9. The van der Waals surface area contributed by atoms with Crippen molar-refractivity contribution in [3.63, 3.8) is 0 Å². The van der Waals surface area contributed by atoms with Crippen molar-refractivity contribution in [2.45, 2.75) is 128 Å². The number of nitrogens with zero attached hydrogens (tertiary/aromatic N) is 2. The van der Waals surface area contributed by atoms with Crippen LogP contribution < -0.4 is 15.4 Å². The van der Waals surface area contributed by atoms with E-state index in [1.54, 1.807) is 30.0 Å². The van der Waals surface area contributed by atoms with Crippen molar-refractivity contribution in [1.82, 2.24) is 20.4 Å². The molecule has 4 aliphatic rings. The van der Waals surface area contributed by atoms with Gasteiger partial charge in [-0.05, 0) is 74.1 Å². The Kier molecular flexibility index (Phi) is 11.5. The molecule has 6 rings (SSSR count).